The number of rotatable bonds is 23. The fourth-order valence-corrected chi connectivity index (χ4v) is 6.93. The molecule has 3 aromatic carbocycles. The normalized spacial score (nSPS) is 11.8. The third-order valence-electron chi connectivity index (χ3n) is 10.6. The number of hydrogen-bond donors (Lipinski definition) is 6. The van der Waals surface area contributed by atoms with Gasteiger partial charge in [0.1, 0.15) is 17.2 Å². The lowest BCUT2D eigenvalue weighted by atomic mass is 9.81. The smallest absolute Gasteiger partial charge is 0.185 e. The summed E-state index contributed by atoms with van der Waals surface area (Å²) in [6.07, 6.45) is 6.97. The molecule has 0 bridgehead atoms. The van der Waals surface area contributed by atoms with Gasteiger partial charge in [-0.1, -0.05) is 106 Å². The van der Waals surface area contributed by atoms with Gasteiger partial charge < -0.3 is 48.6 Å². The van der Waals surface area contributed by atoms with Gasteiger partial charge in [0.2, 0.25) is 0 Å². The third-order valence-corrected chi connectivity index (χ3v) is 10.6. The van der Waals surface area contributed by atoms with Crippen LogP contribution >= 0.6 is 0 Å². The molecule has 12 heteroatoms. The Balaban J connectivity index is 2.23. The first kappa shape index (κ1) is 50.2. The average molecular weight is 842 g/mol. The fourth-order valence-electron chi connectivity index (χ4n) is 6.93. The van der Waals surface area contributed by atoms with Crippen molar-refractivity contribution in [3.63, 3.8) is 0 Å². The van der Waals surface area contributed by atoms with Crippen molar-refractivity contribution in [3.8, 4) is 17.2 Å². The number of aliphatic imine (C=N–C) groups is 3. The van der Waals surface area contributed by atoms with E-state index in [9.17, 15) is 0 Å². The summed E-state index contributed by atoms with van der Waals surface area (Å²) in [5.41, 5.74) is 42.6. The van der Waals surface area contributed by atoms with Crippen molar-refractivity contribution in [1.82, 2.24) is 0 Å². The summed E-state index contributed by atoms with van der Waals surface area (Å²) < 4.78 is 20.2. The van der Waals surface area contributed by atoms with Gasteiger partial charge in [0.05, 0.1) is 19.8 Å². The summed E-state index contributed by atoms with van der Waals surface area (Å²) >= 11 is 0. The first-order valence-electron chi connectivity index (χ1n) is 22.1. The molecule has 0 fully saturated rings. The van der Waals surface area contributed by atoms with Crippen molar-refractivity contribution in [3.05, 3.63) is 87.0 Å². The van der Waals surface area contributed by atoms with E-state index in [-0.39, 0.29) is 34.1 Å². The van der Waals surface area contributed by atoms with E-state index in [1.54, 1.807) is 0 Å². The summed E-state index contributed by atoms with van der Waals surface area (Å²) in [6.45, 7) is 25.8. The molecule has 0 heterocycles. The number of hydrogen-bond acceptors (Lipinski definition) is 6. The molecule has 3 aromatic rings. The van der Waals surface area contributed by atoms with Crippen molar-refractivity contribution in [2.75, 3.05) is 39.5 Å². The Kier molecular flexibility index (Phi) is 19.1. The summed E-state index contributed by atoms with van der Waals surface area (Å²) in [4.78, 5) is 12.5. The maximum atomic E-state index is 6.95. The molecule has 0 aliphatic rings. The van der Waals surface area contributed by atoms with E-state index in [0.717, 1.165) is 84.4 Å². The molecule has 0 atom stereocenters. The van der Waals surface area contributed by atoms with Gasteiger partial charge in [0.25, 0.3) is 0 Å². The number of aryl methyl sites for hydroxylation is 1. The Morgan fingerprint density at radius 3 is 1.16 bits per heavy atom. The summed E-state index contributed by atoms with van der Waals surface area (Å²) in [5.74, 6) is 3.01. The van der Waals surface area contributed by atoms with Gasteiger partial charge in [-0.15, -0.1) is 0 Å². The van der Waals surface area contributed by atoms with E-state index in [0.29, 0.717) is 52.3 Å². The second-order valence-corrected chi connectivity index (χ2v) is 19.1. The molecule has 0 saturated heterocycles. The number of unbranched alkanes of at least 4 members (excludes halogenated alkanes) is 3. The van der Waals surface area contributed by atoms with Gasteiger partial charge in [0.15, 0.2) is 17.9 Å². The van der Waals surface area contributed by atoms with E-state index >= 15 is 0 Å². The maximum absolute atomic E-state index is 6.95. The van der Waals surface area contributed by atoms with Crippen molar-refractivity contribution in [2.24, 2.45) is 49.4 Å². The van der Waals surface area contributed by atoms with Gasteiger partial charge in [0, 0.05) is 32.5 Å². The summed E-state index contributed by atoms with van der Waals surface area (Å²) in [6, 6.07) is 15.9. The summed E-state index contributed by atoms with van der Waals surface area (Å²) in [5, 5.41) is 0. The van der Waals surface area contributed by atoms with Crippen LogP contribution in [0.2, 0.25) is 0 Å². The van der Waals surface area contributed by atoms with Crippen molar-refractivity contribution >= 4 is 17.9 Å². The fraction of sp³-hybridized carbons (Fsp3) is 0.571. The number of ether oxygens (including phenoxy) is 3. The van der Waals surface area contributed by atoms with E-state index < -0.39 is 0 Å². The van der Waals surface area contributed by atoms with Gasteiger partial charge in [-0.05, 0) is 112 Å². The van der Waals surface area contributed by atoms with Crippen LogP contribution in [-0.2, 0) is 35.5 Å². The zero-order valence-corrected chi connectivity index (χ0v) is 39.2. The second kappa shape index (κ2) is 23.2. The zero-order valence-electron chi connectivity index (χ0n) is 39.2. The second-order valence-electron chi connectivity index (χ2n) is 19.1. The molecule has 0 unspecified atom stereocenters. The molecule has 0 amide bonds. The number of benzene rings is 3. The van der Waals surface area contributed by atoms with Crippen LogP contribution < -0.4 is 48.6 Å². The van der Waals surface area contributed by atoms with Crippen LogP contribution in [0.15, 0.2) is 57.4 Å². The van der Waals surface area contributed by atoms with E-state index in [2.05, 4.69) is 127 Å². The zero-order chi connectivity index (χ0) is 45.4. The highest BCUT2D eigenvalue weighted by atomic mass is 16.5. The predicted octanol–water partition coefficient (Wildman–Crippen LogP) is 7.62. The topological polar surface area (TPSA) is 221 Å². The first-order chi connectivity index (χ1) is 28.6. The molecule has 0 aliphatic carbocycles. The van der Waals surface area contributed by atoms with E-state index in [1.807, 2.05) is 0 Å². The molecule has 0 saturated carbocycles. The minimum absolute atomic E-state index is 0.0585. The number of nitrogens with zero attached hydrogens (tertiary/aromatic N) is 3. The SMILES string of the molecule is CCc1cc(C(C)(C)C)cc(Cc2cc(C(C)(C)C)cc(Cc3cc(C(C)(C)C)ccc3OCCCCN=C(N)N)c2OCCCCN=C(N)N)c1OCCCCN=C(N)N. The Hall–Kier alpha value is -5.13. The molecule has 3 rings (SSSR count). The highest BCUT2D eigenvalue weighted by Gasteiger charge is 2.25. The first-order valence-corrected chi connectivity index (χ1v) is 22.1. The quantitative estimate of drug-likeness (QED) is 0.0314. The molecule has 12 N–H and O–H groups in total. The van der Waals surface area contributed by atoms with Crippen molar-refractivity contribution in [2.45, 2.75) is 143 Å². The largest absolute Gasteiger partial charge is 0.493 e. The van der Waals surface area contributed by atoms with Crippen LogP contribution in [0.25, 0.3) is 0 Å². The third kappa shape index (κ3) is 17.0. The molecule has 12 nitrogen and oxygen atoms in total. The highest BCUT2D eigenvalue weighted by Crippen LogP contribution is 2.40. The lowest BCUT2D eigenvalue weighted by Crippen LogP contribution is -2.23. The van der Waals surface area contributed by atoms with E-state index in [4.69, 9.17) is 48.6 Å². The standard InChI is InChI=1S/C49H79N9O3/c1-11-33-28-39(48(5,6)7)31-36(42(33)60-24-16-13-21-57-45(52)53)27-37-32-40(49(8,9)10)30-35(43(37)61-25-17-14-22-58-46(54)55)26-34-29-38(47(2,3)4)18-19-41(34)59-23-15-12-20-56-44(50)51/h18-19,28-32H,11-17,20-27H2,1-10H3,(H4,50,51,56)(H4,52,53,57)(H4,54,55,58). The molecular formula is C49H79N9O3. The van der Waals surface area contributed by atoms with Crippen LogP contribution in [0.5, 0.6) is 17.2 Å². The van der Waals surface area contributed by atoms with Crippen LogP contribution in [0.3, 0.4) is 0 Å². The minimum Gasteiger partial charge on any atom is -0.493 e. The monoisotopic (exact) mass is 842 g/mol. The highest BCUT2D eigenvalue weighted by molar-refractivity contribution is 5.76. The van der Waals surface area contributed by atoms with Crippen molar-refractivity contribution < 1.29 is 14.2 Å². The Bertz CT molecular complexity index is 1940. The molecule has 338 valence electrons. The minimum atomic E-state index is -0.138. The van der Waals surface area contributed by atoms with Gasteiger partial charge in [-0.3, -0.25) is 15.0 Å². The lowest BCUT2D eigenvalue weighted by molar-refractivity contribution is 0.298. The molecule has 61 heavy (non-hydrogen) atoms. The lowest BCUT2D eigenvalue weighted by Gasteiger charge is -2.27. The Morgan fingerprint density at radius 1 is 0.443 bits per heavy atom. The molecule has 0 radical (unpaired) electrons. The van der Waals surface area contributed by atoms with Crippen LogP contribution in [0.1, 0.15) is 152 Å². The summed E-state index contributed by atoms with van der Waals surface area (Å²) in [7, 11) is 0. The van der Waals surface area contributed by atoms with E-state index in [1.165, 1.54) is 22.3 Å². The number of nitrogens with two attached hydrogens (primary N) is 6. The molecule has 0 aromatic heterocycles. The van der Waals surface area contributed by atoms with Gasteiger partial charge in [-0.25, -0.2) is 0 Å². The van der Waals surface area contributed by atoms with Crippen molar-refractivity contribution in [1.29, 1.82) is 0 Å². The molecule has 0 aliphatic heterocycles. The maximum Gasteiger partial charge on any atom is 0.185 e. The van der Waals surface area contributed by atoms with Gasteiger partial charge in [-0.2, -0.15) is 0 Å². The van der Waals surface area contributed by atoms with Crippen LogP contribution in [-0.4, -0.2) is 57.3 Å². The predicted molar refractivity (Wildman–Crippen MR) is 257 cm³/mol. The van der Waals surface area contributed by atoms with Crippen LogP contribution in [0, 0.1) is 0 Å². The van der Waals surface area contributed by atoms with Crippen LogP contribution in [0.4, 0.5) is 0 Å². The Labute approximate surface area is 367 Å². The Morgan fingerprint density at radius 2 is 0.787 bits per heavy atom. The molecule has 0 spiro atoms. The van der Waals surface area contributed by atoms with Gasteiger partial charge >= 0.3 is 0 Å². The molecular weight excluding hydrogens is 763 g/mol. The number of guanidine groups is 3. The average Bonchev–Trinajstić information content (AvgIpc) is 3.15.